The molecular formula is C17H28N2O2. The van der Waals surface area contributed by atoms with E-state index in [0.717, 1.165) is 44.1 Å². The lowest BCUT2D eigenvalue weighted by Gasteiger charge is -2.34. The minimum Gasteiger partial charge on any atom is -0.508 e. The van der Waals surface area contributed by atoms with Crippen LogP contribution >= 0.6 is 0 Å². The number of nitrogens with one attached hydrogen (secondary N) is 1. The molecule has 0 radical (unpaired) electrons. The Labute approximate surface area is 127 Å². The van der Waals surface area contributed by atoms with Crippen molar-refractivity contribution in [3.05, 3.63) is 23.8 Å². The van der Waals surface area contributed by atoms with Gasteiger partial charge in [-0.15, -0.1) is 0 Å². The van der Waals surface area contributed by atoms with E-state index in [9.17, 15) is 10.2 Å². The van der Waals surface area contributed by atoms with E-state index < -0.39 is 0 Å². The number of phenolic OH excluding ortho intramolecular Hbond substituents is 2. The highest BCUT2D eigenvalue weighted by molar-refractivity contribution is 5.40. The molecule has 1 heterocycles. The third-order valence-corrected chi connectivity index (χ3v) is 4.47. The number of piperidine rings is 1. The minimum absolute atomic E-state index is 0.118. The van der Waals surface area contributed by atoms with Gasteiger partial charge in [-0.2, -0.15) is 0 Å². The van der Waals surface area contributed by atoms with E-state index >= 15 is 0 Å². The van der Waals surface area contributed by atoms with Crippen LogP contribution in [0.4, 0.5) is 0 Å². The van der Waals surface area contributed by atoms with Crippen LogP contribution in [-0.2, 0) is 0 Å². The highest BCUT2D eigenvalue weighted by atomic mass is 16.3. The third kappa shape index (κ3) is 4.35. The van der Waals surface area contributed by atoms with Crippen molar-refractivity contribution in [2.24, 2.45) is 5.92 Å². The van der Waals surface area contributed by atoms with Crippen LogP contribution in [0, 0.1) is 5.92 Å². The minimum atomic E-state index is 0.118. The largest absolute Gasteiger partial charge is 0.508 e. The predicted molar refractivity (Wildman–Crippen MR) is 85.6 cm³/mol. The second-order valence-corrected chi connectivity index (χ2v) is 6.11. The molecule has 3 N–H and O–H groups in total. The van der Waals surface area contributed by atoms with Crippen molar-refractivity contribution >= 4 is 0 Å². The Morgan fingerprint density at radius 1 is 1.29 bits per heavy atom. The van der Waals surface area contributed by atoms with E-state index in [2.05, 4.69) is 24.1 Å². The second-order valence-electron chi connectivity index (χ2n) is 6.11. The first-order chi connectivity index (χ1) is 10.1. The lowest BCUT2D eigenvalue weighted by atomic mass is 9.95. The van der Waals surface area contributed by atoms with Gasteiger partial charge in [0.05, 0.1) is 0 Å². The predicted octanol–water partition coefficient (Wildman–Crippen LogP) is 2.87. The van der Waals surface area contributed by atoms with E-state index in [4.69, 9.17) is 0 Å². The zero-order chi connectivity index (χ0) is 15.2. The van der Waals surface area contributed by atoms with Crippen LogP contribution in [0.2, 0.25) is 0 Å². The number of benzene rings is 1. The quantitative estimate of drug-likeness (QED) is 0.706. The van der Waals surface area contributed by atoms with Crippen molar-refractivity contribution < 1.29 is 10.2 Å². The summed E-state index contributed by atoms with van der Waals surface area (Å²) in [5.74, 6) is 1.21. The van der Waals surface area contributed by atoms with Gasteiger partial charge in [0.1, 0.15) is 11.5 Å². The summed E-state index contributed by atoms with van der Waals surface area (Å²) < 4.78 is 0. The van der Waals surface area contributed by atoms with Gasteiger partial charge in [-0.05, 0) is 69.9 Å². The molecular weight excluding hydrogens is 264 g/mol. The maximum atomic E-state index is 10.1. The Kier molecular flexibility index (Phi) is 5.88. The van der Waals surface area contributed by atoms with Crippen molar-refractivity contribution in [1.29, 1.82) is 0 Å². The molecule has 1 unspecified atom stereocenters. The normalized spacial score (nSPS) is 18.0. The number of nitrogens with zero attached hydrogens (tertiary/aromatic N) is 1. The van der Waals surface area contributed by atoms with Gasteiger partial charge in [-0.3, -0.25) is 4.90 Å². The standard InChI is InChI=1S/C17H28N2O2/c1-3-10-19(12-14-6-8-18-9-7-14)13(2)16-11-15(20)4-5-17(16)21/h4-5,11,13-14,18,20-21H,3,6-10,12H2,1-2H3. The van der Waals surface area contributed by atoms with Gasteiger partial charge in [0.2, 0.25) is 0 Å². The molecule has 1 aromatic carbocycles. The fraction of sp³-hybridized carbons (Fsp3) is 0.647. The van der Waals surface area contributed by atoms with Crippen LogP contribution in [0.3, 0.4) is 0 Å². The van der Waals surface area contributed by atoms with Crippen LogP contribution < -0.4 is 5.32 Å². The first-order valence-electron chi connectivity index (χ1n) is 8.08. The van der Waals surface area contributed by atoms with Crippen molar-refractivity contribution in [3.8, 4) is 11.5 Å². The van der Waals surface area contributed by atoms with Crippen LogP contribution in [0.1, 0.15) is 44.7 Å². The molecule has 21 heavy (non-hydrogen) atoms. The first kappa shape index (κ1) is 16.1. The Morgan fingerprint density at radius 2 is 2.00 bits per heavy atom. The summed E-state index contributed by atoms with van der Waals surface area (Å²) in [5, 5.41) is 23.2. The number of hydrogen-bond acceptors (Lipinski definition) is 4. The van der Waals surface area contributed by atoms with E-state index in [0.29, 0.717) is 0 Å². The summed E-state index contributed by atoms with van der Waals surface area (Å²) in [5.41, 5.74) is 0.817. The lowest BCUT2D eigenvalue weighted by Crippen LogP contribution is -2.37. The summed E-state index contributed by atoms with van der Waals surface area (Å²) in [6.45, 7) is 8.59. The van der Waals surface area contributed by atoms with Crippen LogP contribution in [-0.4, -0.2) is 41.3 Å². The molecule has 1 atom stereocenters. The molecule has 4 nitrogen and oxygen atoms in total. The molecule has 0 amide bonds. The first-order valence-corrected chi connectivity index (χ1v) is 8.08. The summed E-state index contributed by atoms with van der Waals surface area (Å²) in [6, 6.07) is 4.91. The lowest BCUT2D eigenvalue weighted by molar-refractivity contribution is 0.159. The highest BCUT2D eigenvalue weighted by Crippen LogP contribution is 2.32. The van der Waals surface area contributed by atoms with Gasteiger partial charge < -0.3 is 15.5 Å². The molecule has 0 bridgehead atoms. The molecule has 1 aliphatic rings. The van der Waals surface area contributed by atoms with E-state index in [-0.39, 0.29) is 17.5 Å². The SMILES string of the molecule is CCCN(CC1CCNCC1)C(C)c1cc(O)ccc1O. The number of phenols is 2. The topological polar surface area (TPSA) is 55.7 Å². The maximum Gasteiger partial charge on any atom is 0.120 e. The number of hydrogen-bond donors (Lipinski definition) is 3. The zero-order valence-electron chi connectivity index (χ0n) is 13.2. The molecule has 0 aliphatic carbocycles. The van der Waals surface area contributed by atoms with Gasteiger partial charge in [0.15, 0.2) is 0 Å². The Hall–Kier alpha value is -1.26. The van der Waals surface area contributed by atoms with Gasteiger partial charge in [0, 0.05) is 18.2 Å². The summed E-state index contributed by atoms with van der Waals surface area (Å²) in [6.07, 6.45) is 3.53. The molecule has 1 aromatic rings. The monoisotopic (exact) mass is 292 g/mol. The molecule has 2 rings (SSSR count). The summed E-state index contributed by atoms with van der Waals surface area (Å²) >= 11 is 0. The second kappa shape index (κ2) is 7.66. The fourth-order valence-electron chi connectivity index (χ4n) is 3.20. The molecule has 0 spiro atoms. The average Bonchev–Trinajstić information content (AvgIpc) is 2.49. The van der Waals surface area contributed by atoms with Crippen molar-refractivity contribution in [3.63, 3.8) is 0 Å². The van der Waals surface area contributed by atoms with Crippen molar-refractivity contribution in [2.75, 3.05) is 26.2 Å². The van der Waals surface area contributed by atoms with E-state index in [1.807, 2.05) is 0 Å². The molecule has 4 heteroatoms. The Bertz CT molecular complexity index is 444. The van der Waals surface area contributed by atoms with Crippen molar-refractivity contribution in [2.45, 2.75) is 39.2 Å². The van der Waals surface area contributed by atoms with Crippen LogP contribution in [0.15, 0.2) is 18.2 Å². The molecule has 118 valence electrons. The van der Waals surface area contributed by atoms with Gasteiger partial charge in [-0.1, -0.05) is 6.92 Å². The van der Waals surface area contributed by atoms with Gasteiger partial charge in [-0.25, -0.2) is 0 Å². The maximum absolute atomic E-state index is 10.1. The summed E-state index contributed by atoms with van der Waals surface area (Å²) in [4.78, 5) is 2.44. The Balaban J connectivity index is 2.10. The Morgan fingerprint density at radius 3 is 2.67 bits per heavy atom. The molecule has 1 saturated heterocycles. The molecule has 1 aliphatic heterocycles. The van der Waals surface area contributed by atoms with E-state index in [1.54, 1.807) is 12.1 Å². The smallest absolute Gasteiger partial charge is 0.120 e. The van der Waals surface area contributed by atoms with E-state index in [1.165, 1.54) is 18.9 Å². The van der Waals surface area contributed by atoms with Crippen molar-refractivity contribution in [1.82, 2.24) is 10.2 Å². The number of aromatic hydroxyl groups is 2. The van der Waals surface area contributed by atoms with Crippen LogP contribution in [0.25, 0.3) is 0 Å². The number of rotatable bonds is 6. The molecule has 0 saturated carbocycles. The molecule has 0 aromatic heterocycles. The third-order valence-electron chi connectivity index (χ3n) is 4.47. The highest BCUT2D eigenvalue weighted by Gasteiger charge is 2.23. The van der Waals surface area contributed by atoms with Gasteiger partial charge in [0.25, 0.3) is 0 Å². The van der Waals surface area contributed by atoms with Gasteiger partial charge >= 0.3 is 0 Å². The fourth-order valence-corrected chi connectivity index (χ4v) is 3.20. The molecule has 1 fully saturated rings. The summed E-state index contributed by atoms with van der Waals surface area (Å²) in [7, 11) is 0. The average molecular weight is 292 g/mol. The van der Waals surface area contributed by atoms with Crippen LogP contribution in [0.5, 0.6) is 11.5 Å². The zero-order valence-corrected chi connectivity index (χ0v) is 13.2.